The molecule has 0 saturated heterocycles. The summed E-state index contributed by atoms with van der Waals surface area (Å²) in [7, 11) is 4.13. The third-order valence-electron chi connectivity index (χ3n) is 3.23. The van der Waals surface area contributed by atoms with Crippen molar-refractivity contribution in [3.8, 4) is 5.75 Å². The highest BCUT2D eigenvalue weighted by atomic mass is 79.9. The minimum Gasteiger partial charge on any atom is -0.490 e. The number of nitrogens with zero attached hydrogens (tertiary/aromatic N) is 1. The van der Waals surface area contributed by atoms with Crippen LogP contribution in [0.2, 0.25) is 0 Å². The normalized spacial score (nSPS) is 14.2. The first-order valence-corrected chi connectivity index (χ1v) is 8.13. The Morgan fingerprint density at radius 2 is 2.10 bits per heavy atom. The fourth-order valence-corrected chi connectivity index (χ4v) is 2.47. The zero-order valence-electron chi connectivity index (χ0n) is 13.4. The first kappa shape index (κ1) is 18.4. The van der Waals surface area contributed by atoms with E-state index in [1.165, 1.54) is 5.56 Å². The first-order valence-electron chi connectivity index (χ1n) is 7.33. The summed E-state index contributed by atoms with van der Waals surface area (Å²) in [5.41, 5.74) is 1.17. The van der Waals surface area contributed by atoms with Crippen molar-refractivity contribution in [3.63, 3.8) is 0 Å². The predicted octanol–water partition coefficient (Wildman–Crippen LogP) is 2.43. The van der Waals surface area contributed by atoms with Crippen molar-refractivity contribution < 1.29 is 9.84 Å². The van der Waals surface area contributed by atoms with Crippen LogP contribution < -0.4 is 10.1 Å². The van der Waals surface area contributed by atoms with Gasteiger partial charge < -0.3 is 20.1 Å². The highest BCUT2D eigenvalue weighted by Gasteiger charge is 2.09. The van der Waals surface area contributed by atoms with Gasteiger partial charge in [0.1, 0.15) is 18.5 Å². The summed E-state index contributed by atoms with van der Waals surface area (Å²) in [6.45, 7) is 6.03. The second-order valence-corrected chi connectivity index (χ2v) is 6.65. The SMILES string of the molecule is Cc1ccc(OCC(O)CNC(C)CCN(C)C)c(Br)c1. The zero-order valence-corrected chi connectivity index (χ0v) is 15.0. The average Bonchev–Trinajstić information content (AvgIpc) is 2.41. The number of halogens is 1. The molecule has 0 bridgehead atoms. The molecule has 0 aliphatic carbocycles. The van der Waals surface area contributed by atoms with Gasteiger partial charge in [-0.3, -0.25) is 0 Å². The number of aryl methyl sites for hydroxylation is 1. The van der Waals surface area contributed by atoms with Gasteiger partial charge in [0.2, 0.25) is 0 Å². The van der Waals surface area contributed by atoms with Crippen LogP contribution in [-0.4, -0.2) is 55.9 Å². The minimum atomic E-state index is -0.514. The Hall–Kier alpha value is -0.620. The third-order valence-corrected chi connectivity index (χ3v) is 3.85. The van der Waals surface area contributed by atoms with Gasteiger partial charge in [-0.1, -0.05) is 6.07 Å². The largest absolute Gasteiger partial charge is 0.490 e. The maximum atomic E-state index is 9.97. The molecule has 0 radical (unpaired) electrons. The summed E-state index contributed by atoms with van der Waals surface area (Å²) in [6, 6.07) is 6.30. The molecule has 1 rings (SSSR count). The number of hydrogen-bond donors (Lipinski definition) is 2. The lowest BCUT2D eigenvalue weighted by atomic mass is 10.2. The fourth-order valence-electron chi connectivity index (χ4n) is 1.86. The Kier molecular flexibility index (Phi) is 8.26. The van der Waals surface area contributed by atoms with Crippen LogP contribution in [-0.2, 0) is 0 Å². The van der Waals surface area contributed by atoms with E-state index in [1.54, 1.807) is 0 Å². The standard InChI is InChI=1S/C16H27BrN2O2/c1-12-5-6-16(15(17)9-12)21-11-14(20)10-18-13(2)7-8-19(3)4/h5-6,9,13-14,18,20H,7-8,10-11H2,1-4H3. The van der Waals surface area contributed by atoms with E-state index in [4.69, 9.17) is 4.74 Å². The van der Waals surface area contributed by atoms with Gasteiger partial charge in [0.15, 0.2) is 0 Å². The van der Waals surface area contributed by atoms with E-state index in [1.807, 2.05) is 25.1 Å². The number of rotatable bonds is 9. The smallest absolute Gasteiger partial charge is 0.133 e. The van der Waals surface area contributed by atoms with Crippen molar-refractivity contribution in [1.82, 2.24) is 10.2 Å². The molecule has 0 saturated carbocycles. The van der Waals surface area contributed by atoms with E-state index in [9.17, 15) is 5.11 Å². The van der Waals surface area contributed by atoms with Crippen molar-refractivity contribution in [2.45, 2.75) is 32.4 Å². The molecule has 2 atom stereocenters. The maximum Gasteiger partial charge on any atom is 0.133 e. The fraction of sp³-hybridized carbons (Fsp3) is 0.625. The Morgan fingerprint density at radius 3 is 2.71 bits per heavy atom. The number of aliphatic hydroxyl groups excluding tert-OH is 1. The Bertz CT molecular complexity index is 427. The molecule has 0 aromatic heterocycles. The van der Waals surface area contributed by atoms with Crippen LogP contribution in [0.15, 0.2) is 22.7 Å². The monoisotopic (exact) mass is 358 g/mol. The number of ether oxygens (including phenoxy) is 1. The molecule has 0 heterocycles. The molecule has 0 aliphatic rings. The molecule has 1 aromatic rings. The lowest BCUT2D eigenvalue weighted by Gasteiger charge is -2.19. The second-order valence-electron chi connectivity index (χ2n) is 5.80. The first-order chi connectivity index (χ1) is 9.88. The van der Waals surface area contributed by atoms with Gasteiger partial charge in [0, 0.05) is 12.6 Å². The molecule has 21 heavy (non-hydrogen) atoms. The van der Waals surface area contributed by atoms with Crippen LogP contribution in [0.4, 0.5) is 0 Å². The molecular formula is C16H27BrN2O2. The van der Waals surface area contributed by atoms with Gasteiger partial charge in [-0.05, 0) is 74.5 Å². The Morgan fingerprint density at radius 1 is 1.38 bits per heavy atom. The molecular weight excluding hydrogens is 332 g/mol. The summed E-state index contributed by atoms with van der Waals surface area (Å²) in [4.78, 5) is 2.16. The topological polar surface area (TPSA) is 44.7 Å². The van der Waals surface area contributed by atoms with E-state index in [2.05, 4.69) is 47.2 Å². The van der Waals surface area contributed by atoms with Crippen LogP contribution in [0.1, 0.15) is 18.9 Å². The zero-order chi connectivity index (χ0) is 15.8. The maximum absolute atomic E-state index is 9.97. The van der Waals surface area contributed by atoms with Crippen molar-refractivity contribution >= 4 is 15.9 Å². The van der Waals surface area contributed by atoms with Gasteiger partial charge in [-0.2, -0.15) is 0 Å². The molecule has 5 heteroatoms. The van der Waals surface area contributed by atoms with Crippen molar-refractivity contribution in [2.75, 3.05) is 33.8 Å². The average molecular weight is 359 g/mol. The summed E-state index contributed by atoms with van der Waals surface area (Å²) in [6.07, 6.45) is 0.546. The Balaban J connectivity index is 2.26. The van der Waals surface area contributed by atoms with E-state index in [-0.39, 0.29) is 6.61 Å². The number of benzene rings is 1. The lowest BCUT2D eigenvalue weighted by Crippen LogP contribution is -2.37. The van der Waals surface area contributed by atoms with Crippen LogP contribution in [0.25, 0.3) is 0 Å². The van der Waals surface area contributed by atoms with Gasteiger partial charge in [0.05, 0.1) is 4.47 Å². The summed E-state index contributed by atoms with van der Waals surface area (Å²) in [5.74, 6) is 0.764. The molecule has 0 spiro atoms. The van der Waals surface area contributed by atoms with Gasteiger partial charge >= 0.3 is 0 Å². The van der Waals surface area contributed by atoms with Crippen LogP contribution in [0, 0.1) is 6.92 Å². The lowest BCUT2D eigenvalue weighted by molar-refractivity contribution is 0.103. The molecule has 2 unspecified atom stereocenters. The van der Waals surface area contributed by atoms with Gasteiger partial charge in [-0.25, -0.2) is 0 Å². The van der Waals surface area contributed by atoms with E-state index < -0.39 is 6.10 Å². The number of nitrogens with one attached hydrogen (secondary N) is 1. The molecule has 0 amide bonds. The minimum absolute atomic E-state index is 0.287. The molecule has 4 nitrogen and oxygen atoms in total. The summed E-state index contributed by atoms with van der Waals surface area (Å²) >= 11 is 3.47. The van der Waals surface area contributed by atoms with Crippen LogP contribution in [0.5, 0.6) is 5.75 Å². The summed E-state index contributed by atoms with van der Waals surface area (Å²) < 4.78 is 6.56. The quantitative estimate of drug-likeness (QED) is 0.711. The molecule has 0 fully saturated rings. The molecule has 1 aromatic carbocycles. The second kappa shape index (κ2) is 9.41. The molecule has 120 valence electrons. The van der Waals surface area contributed by atoms with E-state index in [0.29, 0.717) is 12.6 Å². The Labute approximate surface area is 136 Å². The number of aliphatic hydroxyl groups is 1. The van der Waals surface area contributed by atoms with Crippen LogP contribution in [0.3, 0.4) is 0 Å². The third kappa shape index (κ3) is 7.81. The molecule has 0 aliphatic heterocycles. The van der Waals surface area contributed by atoms with E-state index >= 15 is 0 Å². The van der Waals surface area contributed by atoms with Crippen LogP contribution >= 0.6 is 15.9 Å². The van der Waals surface area contributed by atoms with Crippen molar-refractivity contribution in [3.05, 3.63) is 28.2 Å². The van der Waals surface area contributed by atoms with E-state index in [0.717, 1.165) is 23.2 Å². The highest BCUT2D eigenvalue weighted by Crippen LogP contribution is 2.25. The van der Waals surface area contributed by atoms with Gasteiger partial charge in [0.25, 0.3) is 0 Å². The van der Waals surface area contributed by atoms with Gasteiger partial charge in [-0.15, -0.1) is 0 Å². The highest BCUT2D eigenvalue weighted by molar-refractivity contribution is 9.10. The number of hydrogen-bond acceptors (Lipinski definition) is 4. The van der Waals surface area contributed by atoms with Crippen molar-refractivity contribution in [2.24, 2.45) is 0 Å². The molecule has 2 N–H and O–H groups in total. The predicted molar refractivity (Wildman–Crippen MR) is 91.0 cm³/mol. The summed E-state index contributed by atoms with van der Waals surface area (Å²) in [5, 5.41) is 13.3. The van der Waals surface area contributed by atoms with Crippen molar-refractivity contribution in [1.29, 1.82) is 0 Å².